The van der Waals surface area contributed by atoms with Crippen LogP contribution < -0.4 is 4.72 Å². The third kappa shape index (κ3) is 4.11. The summed E-state index contributed by atoms with van der Waals surface area (Å²) in [4.78, 5) is 23.5. The minimum absolute atomic E-state index is 0.0141. The molecule has 1 aliphatic rings. The number of esters is 2. The monoisotopic (exact) mass is 389 g/mol. The van der Waals surface area contributed by atoms with Crippen LogP contribution in [-0.2, 0) is 24.3 Å². The molecule has 0 aromatic heterocycles. The minimum Gasteiger partial charge on any atom is -0.463 e. The van der Waals surface area contributed by atoms with E-state index in [0.29, 0.717) is 12.1 Å². The number of cyclic esters (lactones) is 1. The van der Waals surface area contributed by atoms with Crippen LogP contribution in [-0.4, -0.2) is 33.1 Å². The number of hydrogen-bond acceptors (Lipinski definition) is 6. The van der Waals surface area contributed by atoms with Crippen molar-refractivity contribution in [1.29, 1.82) is 0 Å². The van der Waals surface area contributed by atoms with Gasteiger partial charge < -0.3 is 9.47 Å². The number of benzene rings is 2. The maximum atomic E-state index is 12.6. The molecule has 0 aliphatic carbocycles. The molecule has 8 heteroatoms. The average Bonchev–Trinajstić information content (AvgIpc) is 3.03. The first-order valence-corrected chi connectivity index (χ1v) is 9.83. The van der Waals surface area contributed by atoms with Crippen molar-refractivity contribution in [2.75, 3.05) is 11.3 Å². The number of anilines is 1. The highest BCUT2D eigenvalue weighted by atomic mass is 32.2. The molecule has 2 aromatic rings. The first-order chi connectivity index (χ1) is 12.8. The molecular weight excluding hydrogens is 370 g/mol. The van der Waals surface area contributed by atoms with E-state index in [1.165, 1.54) is 24.3 Å². The molecule has 1 atom stereocenters. The van der Waals surface area contributed by atoms with Crippen molar-refractivity contribution in [1.82, 2.24) is 0 Å². The normalized spacial score (nSPS) is 16.7. The van der Waals surface area contributed by atoms with Crippen LogP contribution in [0.2, 0.25) is 0 Å². The van der Waals surface area contributed by atoms with Crippen LogP contribution >= 0.6 is 0 Å². The Balaban J connectivity index is 1.74. The minimum atomic E-state index is -3.80. The van der Waals surface area contributed by atoms with E-state index in [0.717, 1.165) is 11.1 Å². The predicted molar refractivity (Wildman–Crippen MR) is 97.9 cm³/mol. The van der Waals surface area contributed by atoms with E-state index < -0.39 is 28.1 Å². The number of carbonyl (C=O) groups excluding carboxylic acids is 2. The summed E-state index contributed by atoms with van der Waals surface area (Å²) in [7, 11) is -3.80. The number of rotatable bonds is 5. The van der Waals surface area contributed by atoms with E-state index in [4.69, 9.17) is 9.47 Å². The van der Waals surface area contributed by atoms with Crippen LogP contribution in [0.5, 0.6) is 0 Å². The number of carbonyl (C=O) groups is 2. The van der Waals surface area contributed by atoms with Gasteiger partial charge in [0.1, 0.15) is 0 Å². The van der Waals surface area contributed by atoms with Crippen molar-refractivity contribution >= 4 is 27.6 Å². The van der Waals surface area contributed by atoms with Gasteiger partial charge in [-0.1, -0.05) is 12.1 Å². The second-order valence-electron chi connectivity index (χ2n) is 6.23. The van der Waals surface area contributed by atoms with Crippen molar-refractivity contribution in [3.8, 4) is 0 Å². The van der Waals surface area contributed by atoms with E-state index in [1.54, 1.807) is 12.1 Å². The quantitative estimate of drug-likeness (QED) is 0.789. The van der Waals surface area contributed by atoms with Gasteiger partial charge in [-0.05, 0) is 55.3 Å². The molecule has 7 nitrogen and oxygen atoms in total. The van der Waals surface area contributed by atoms with E-state index in [9.17, 15) is 18.0 Å². The molecule has 2 aromatic carbocycles. The third-order valence-electron chi connectivity index (χ3n) is 4.39. The van der Waals surface area contributed by atoms with Gasteiger partial charge >= 0.3 is 11.9 Å². The van der Waals surface area contributed by atoms with Crippen molar-refractivity contribution in [3.63, 3.8) is 0 Å². The Bertz CT molecular complexity index is 982. The molecule has 0 spiro atoms. The summed E-state index contributed by atoms with van der Waals surface area (Å²) in [5.74, 6) is -1.27. The maximum Gasteiger partial charge on any atom is 0.347 e. The van der Waals surface area contributed by atoms with E-state index >= 15 is 0 Å². The molecule has 1 heterocycles. The van der Waals surface area contributed by atoms with Gasteiger partial charge in [-0.2, -0.15) is 0 Å². The van der Waals surface area contributed by atoms with Gasteiger partial charge in [-0.3, -0.25) is 4.72 Å². The average molecular weight is 389 g/mol. The number of ether oxygens (including phenoxy) is 2. The summed E-state index contributed by atoms with van der Waals surface area (Å²) in [6.45, 7) is 3.95. The highest BCUT2D eigenvalue weighted by molar-refractivity contribution is 7.92. The van der Waals surface area contributed by atoms with Crippen molar-refractivity contribution in [3.05, 3.63) is 59.2 Å². The van der Waals surface area contributed by atoms with E-state index in [2.05, 4.69) is 4.72 Å². The molecule has 0 unspecified atom stereocenters. The van der Waals surface area contributed by atoms with Gasteiger partial charge in [-0.15, -0.1) is 0 Å². The fraction of sp³-hybridized carbons (Fsp3) is 0.263. The fourth-order valence-electron chi connectivity index (χ4n) is 2.62. The number of hydrogen-bond donors (Lipinski definition) is 1. The fourth-order valence-corrected chi connectivity index (χ4v) is 3.74. The van der Waals surface area contributed by atoms with E-state index in [-0.39, 0.29) is 17.1 Å². The van der Waals surface area contributed by atoms with Gasteiger partial charge in [0.05, 0.1) is 22.8 Å². The molecule has 0 radical (unpaired) electrons. The topological polar surface area (TPSA) is 98.8 Å². The summed E-state index contributed by atoms with van der Waals surface area (Å²) in [6.07, 6.45) is -0.594. The lowest BCUT2D eigenvalue weighted by molar-refractivity contribution is -0.145. The molecular formula is C19H19NO6S. The van der Waals surface area contributed by atoms with Gasteiger partial charge in [0.15, 0.2) is 0 Å². The van der Waals surface area contributed by atoms with Gasteiger partial charge in [0, 0.05) is 6.42 Å². The van der Waals surface area contributed by atoms with Gasteiger partial charge in [-0.25, -0.2) is 18.0 Å². The zero-order chi connectivity index (χ0) is 19.6. The maximum absolute atomic E-state index is 12.6. The standard InChI is InChI=1S/C19H19NO6S/c1-12-4-3-5-16(13(12)2)20-27(23,24)15-8-6-14(7-9-15)18(21)26-17-10-11-25-19(17)22/h3-9,17,20H,10-11H2,1-2H3/t17-/m0/s1. The lowest BCUT2D eigenvalue weighted by Gasteiger charge is -2.12. The highest BCUT2D eigenvalue weighted by Gasteiger charge is 2.30. The van der Waals surface area contributed by atoms with Crippen LogP contribution in [0.3, 0.4) is 0 Å². The molecule has 1 saturated heterocycles. The summed E-state index contributed by atoms with van der Waals surface area (Å²) in [6, 6.07) is 10.7. The highest BCUT2D eigenvalue weighted by Crippen LogP contribution is 2.22. The third-order valence-corrected chi connectivity index (χ3v) is 5.77. The molecule has 27 heavy (non-hydrogen) atoms. The second kappa shape index (κ2) is 7.40. The van der Waals surface area contributed by atoms with Crippen LogP contribution in [0.25, 0.3) is 0 Å². The Morgan fingerprint density at radius 1 is 1.15 bits per heavy atom. The number of sulfonamides is 1. The van der Waals surface area contributed by atoms with Crippen LogP contribution in [0.4, 0.5) is 5.69 Å². The smallest absolute Gasteiger partial charge is 0.347 e. The molecule has 1 fully saturated rings. The molecule has 0 saturated carbocycles. The molecule has 3 rings (SSSR count). The Morgan fingerprint density at radius 3 is 2.48 bits per heavy atom. The summed E-state index contributed by atoms with van der Waals surface area (Å²) < 4.78 is 37.5. The lowest BCUT2D eigenvalue weighted by Crippen LogP contribution is -2.22. The SMILES string of the molecule is Cc1cccc(NS(=O)(=O)c2ccc(C(=O)O[C@H]3CCOC3=O)cc2)c1C. The molecule has 0 amide bonds. The van der Waals surface area contributed by atoms with Gasteiger partial charge in [0.25, 0.3) is 10.0 Å². The molecule has 1 N–H and O–H groups in total. The summed E-state index contributed by atoms with van der Waals surface area (Å²) in [5, 5.41) is 0. The van der Waals surface area contributed by atoms with Crippen LogP contribution in [0.15, 0.2) is 47.4 Å². The van der Waals surface area contributed by atoms with Crippen LogP contribution in [0, 0.1) is 13.8 Å². The van der Waals surface area contributed by atoms with Gasteiger partial charge in [0.2, 0.25) is 6.10 Å². The lowest BCUT2D eigenvalue weighted by atomic mass is 10.1. The predicted octanol–water partition coefficient (Wildman–Crippen LogP) is 2.58. The number of nitrogens with one attached hydrogen (secondary N) is 1. The first kappa shape index (κ1) is 18.9. The van der Waals surface area contributed by atoms with Crippen molar-refractivity contribution in [2.24, 2.45) is 0 Å². The zero-order valence-electron chi connectivity index (χ0n) is 14.9. The largest absolute Gasteiger partial charge is 0.463 e. The first-order valence-electron chi connectivity index (χ1n) is 8.34. The van der Waals surface area contributed by atoms with E-state index in [1.807, 2.05) is 19.9 Å². The molecule has 142 valence electrons. The Morgan fingerprint density at radius 2 is 1.85 bits per heavy atom. The summed E-state index contributed by atoms with van der Waals surface area (Å²) in [5.41, 5.74) is 2.46. The molecule has 0 bridgehead atoms. The van der Waals surface area contributed by atoms with Crippen molar-refractivity contribution < 1.29 is 27.5 Å². The summed E-state index contributed by atoms with van der Waals surface area (Å²) >= 11 is 0. The Labute approximate surface area is 157 Å². The Kier molecular flexibility index (Phi) is 5.18. The number of aryl methyl sites for hydroxylation is 1. The zero-order valence-corrected chi connectivity index (χ0v) is 15.7. The Hall–Kier alpha value is -2.87. The second-order valence-corrected chi connectivity index (χ2v) is 7.91. The van der Waals surface area contributed by atoms with Crippen LogP contribution in [0.1, 0.15) is 27.9 Å². The molecule has 1 aliphatic heterocycles. The van der Waals surface area contributed by atoms with Crippen molar-refractivity contribution in [2.45, 2.75) is 31.3 Å².